The molecule has 0 saturated heterocycles. The van der Waals surface area contributed by atoms with Crippen LogP contribution in [0.15, 0.2) is 84.0 Å². The molecule has 1 aliphatic heterocycles. The Balaban J connectivity index is 1.25. The number of benzene rings is 2. The molecule has 3 rings (SSSR count). The topological polar surface area (TPSA) is 25.3 Å². The van der Waals surface area contributed by atoms with Gasteiger partial charge < -0.3 is 5.53 Å². The summed E-state index contributed by atoms with van der Waals surface area (Å²) in [5.41, 5.74) is 21.8. The van der Waals surface area contributed by atoms with Crippen molar-refractivity contribution in [1.29, 1.82) is 0 Å². The van der Waals surface area contributed by atoms with Gasteiger partial charge in [0.05, 0.1) is 0 Å². The molecule has 0 fully saturated rings. The summed E-state index contributed by atoms with van der Waals surface area (Å²) in [7, 11) is 0. The van der Waals surface area contributed by atoms with E-state index >= 15 is 0 Å². The molecule has 0 atom stereocenters. The monoisotopic (exact) mass is 1080 g/mol. The average Bonchev–Trinajstić information content (AvgIpc) is 3.87. The molecule has 0 radical (unpaired) electrons. The van der Waals surface area contributed by atoms with Crippen molar-refractivity contribution in [3.8, 4) is 0 Å². The summed E-state index contributed by atoms with van der Waals surface area (Å²) in [5, 5.41) is 0. The van der Waals surface area contributed by atoms with Gasteiger partial charge in [-0.3, -0.25) is 0 Å². The minimum atomic E-state index is 0.977. The molecule has 1 aliphatic rings. The highest BCUT2D eigenvalue weighted by molar-refractivity contribution is 5.83. The lowest BCUT2D eigenvalue weighted by Crippen LogP contribution is -2.06. The zero-order valence-electron chi connectivity index (χ0n) is 53.3. The molecule has 0 unspecified atom stereocenters. The van der Waals surface area contributed by atoms with E-state index in [1.54, 1.807) is 4.70 Å². The number of aryl methyl sites for hydroxylation is 2. The third-order valence-corrected chi connectivity index (χ3v) is 17.8. The van der Waals surface area contributed by atoms with Crippen molar-refractivity contribution >= 4 is 11.4 Å². The van der Waals surface area contributed by atoms with Crippen molar-refractivity contribution < 1.29 is 4.70 Å². The van der Waals surface area contributed by atoms with Gasteiger partial charge in [-0.1, -0.05) is 358 Å². The van der Waals surface area contributed by atoms with Gasteiger partial charge in [0, 0.05) is 22.3 Å². The van der Waals surface area contributed by atoms with Crippen LogP contribution < -0.4 is 0 Å². The zero-order valence-corrected chi connectivity index (χ0v) is 53.3. The van der Waals surface area contributed by atoms with Crippen LogP contribution in [0.1, 0.15) is 377 Å². The van der Waals surface area contributed by atoms with E-state index in [9.17, 15) is 5.53 Å². The van der Waals surface area contributed by atoms with Gasteiger partial charge in [0.15, 0.2) is 0 Å². The average molecular weight is 1080 g/mol. The highest BCUT2D eigenvalue weighted by Gasteiger charge is 2.35. The Morgan fingerprint density at radius 1 is 0.291 bits per heavy atom. The minimum Gasteiger partial charge on any atom is -0.493 e. The smallest absolute Gasteiger partial charge is 0.211 e. The Labute approximate surface area is 493 Å². The third kappa shape index (κ3) is 34.9. The number of hydrogen-bond acceptors (Lipinski definition) is 0. The fraction of sp³-hybridized carbons (Fsp3) is 0.740. The predicted octanol–water partition coefficient (Wildman–Crippen LogP) is 27.0. The lowest BCUT2D eigenvalue weighted by atomic mass is 9.93. The van der Waals surface area contributed by atoms with Crippen LogP contribution in [0.2, 0.25) is 0 Å². The maximum atomic E-state index is 12.3. The maximum Gasteiger partial charge on any atom is 0.211 e. The predicted molar refractivity (Wildman–Crippen MR) is 354 cm³/mol. The molecule has 79 heavy (non-hydrogen) atoms. The van der Waals surface area contributed by atoms with E-state index in [4.69, 9.17) is 0 Å². The minimum absolute atomic E-state index is 0.977. The van der Waals surface area contributed by atoms with Gasteiger partial charge in [0.1, 0.15) is 0 Å². The first-order valence-corrected chi connectivity index (χ1v) is 35.5. The normalized spacial score (nSPS) is 13.0. The number of rotatable bonds is 57. The lowest BCUT2D eigenvalue weighted by molar-refractivity contribution is -0.345. The number of hydrogen-bond donors (Lipinski definition) is 0. The second-order valence-corrected chi connectivity index (χ2v) is 25.0. The van der Waals surface area contributed by atoms with Crippen molar-refractivity contribution in [2.24, 2.45) is 0 Å². The summed E-state index contributed by atoms with van der Waals surface area (Å²) < 4.78 is 1.58. The largest absolute Gasteiger partial charge is 0.493 e. The molecule has 2 nitrogen and oxygen atoms in total. The van der Waals surface area contributed by atoms with E-state index in [1.807, 2.05) is 0 Å². The van der Waals surface area contributed by atoms with Crippen LogP contribution in [0.5, 0.6) is 0 Å². The Morgan fingerprint density at radius 2 is 0.544 bits per heavy atom. The van der Waals surface area contributed by atoms with Crippen molar-refractivity contribution in [1.82, 2.24) is 0 Å². The van der Waals surface area contributed by atoms with Crippen LogP contribution in [0.25, 0.3) is 16.9 Å². The molecule has 2 aromatic carbocycles. The second-order valence-electron chi connectivity index (χ2n) is 25.0. The van der Waals surface area contributed by atoms with E-state index < -0.39 is 0 Å². The number of allylic oxidation sites excluding steroid dienone is 6. The molecule has 448 valence electrons. The standard InChI is InChI=1S/C77H130N2/c1-5-8-11-13-15-17-19-21-23-25-27-29-31-33-35-37-39-41-43-45-47-49-51-53-55-57-63-71-65-59-61-68-74(71)76-70(4)73(67-10-7-3)77(79(76)78)75-69-62-60-66-72(75)64-58-56-54-52-50-48-46-44-42-40-38-36-34-32-30-28-26-24-22-20-18-16-14-12-9-6-2/h53-56,59-62,65-66,68-69H,5-52,57-58,63-64,67H2,1-4H3. The van der Waals surface area contributed by atoms with Crippen LogP contribution in [-0.4, -0.2) is 4.70 Å². The molecule has 0 N–H and O–H groups in total. The van der Waals surface area contributed by atoms with E-state index in [0.717, 1.165) is 56.3 Å². The van der Waals surface area contributed by atoms with E-state index in [-0.39, 0.29) is 0 Å². The molecule has 0 saturated carbocycles. The van der Waals surface area contributed by atoms with Crippen molar-refractivity contribution in [3.63, 3.8) is 0 Å². The van der Waals surface area contributed by atoms with E-state index in [0.29, 0.717) is 0 Å². The van der Waals surface area contributed by atoms with Gasteiger partial charge in [-0.15, -0.1) is 0 Å². The summed E-state index contributed by atoms with van der Waals surface area (Å²) in [4.78, 5) is 0. The molecule has 0 amide bonds. The summed E-state index contributed by atoms with van der Waals surface area (Å²) >= 11 is 0. The zero-order chi connectivity index (χ0) is 56.2. The fourth-order valence-corrected chi connectivity index (χ4v) is 12.6. The Hall–Kier alpha value is -3.00. The molecule has 0 spiro atoms. The van der Waals surface area contributed by atoms with Crippen LogP contribution in [0, 0.1) is 0 Å². The molecule has 1 heterocycles. The number of unbranched alkanes of at least 4 members (excludes halogenated alkanes) is 45. The highest BCUT2D eigenvalue weighted by Crippen LogP contribution is 2.44. The van der Waals surface area contributed by atoms with Crippen LogP contribution in [0.3, 0.4) is 0 Å². The number of nitrogens with zero attached hydrogens (tertiary/aromatic N) is 2. The van der Waals surface area contributed by atoms with E-state index in [1.165, 1.54) is 329 Å². The van der Waals surface area contributed by atoms with Gasteiger partial charge in [-0.05, 0) is 94.4 Å². The van der Waals surface area contributed by atoms with Crippen molar-refractivity contribution in [2.75, 3.05) is 0 Å². The Bertz CT molecular complexity index is 1860. The summed E-state index contributed by atoms with van der Waals surface area (Å²) in [6.45, 7) is 9.15. The quantitative estimate of drug-likeness (QED) is 0.0358. The first-order chi connectivity index (χ1) is 39.1. The van der Waals surface area contributed by atoms with Crippen LogP contribution >= 0.6 is 0 Å². The molecule has 2 aromatic rings. The first-order valence-electron chi connectivity index (χ1n) is 35.5. The van der Waals surface area contributed by atoms with Crippen molar-refractivity contribution in [3.05, 3.63) is 112 Å². The van der Waals surface area contributed by atoms with Gasteiger partial charge in [0.2, 0.25) is 11.4 Å². The molecule has 0 aromatic heterocycles. The summed E-state index contributed by atoms with van der Waals surface area (Å²) in [6.07, 6.45) is 82.6. The van der Waals surface area contributed by atoms with Gasteiger partial charge >= 0.3 is 0 Å². The molecule has 2 heteroatoms. The van der Waals surface area contributed by atoms with Crippen molar-refractivity contribution in [2.45, 2.75) is 368 Å². The fourth-order valence-electron chi connectivity index (χ4n) is 12.6. The first kappa shape index (κ1) is 70.3. The lowest BCUT2D eigenvalue weighted by Gasteiger charge is -2.14. The molecular formula is C77H130N2. The van der Waals surface area contributed by atoms with Gasteiger partial charge in [-0.25, -0.2) is 4.70 Å². The van der Waals surface area contributed by atoms with Crippen LogP contribution in [0.4, 0.5) is 0 Å². The van der Waals surface area contributed by atoms with E-state index in [2.05, 4.69) is 101 Å². The third-order valence-electron chi connectivity index (χ3n) is 17.8. The second kappa shape index (κ2) is 51.8. The van der Waals surface area contributed by atoms with Gasteiger partial charge in [-0.2, -0.15) is 0 Å². The maximum absolute atomic E-state index is 12.3. The molecule has 0 bridgehead atoms. The summed E-state index contributed by atoms with van der Waals surface area (Å²) in [6, 6.07) is 17.7. The SMILES string of the molecule is CCCCCCCCCCCCCCCCCCCCCCCCC=CCCc1ccccc1C1=C(C)C(CCCC)=C(c2ccccc2CCC=CCCCCCCCCCCCCCCCCCCCCCCCC)[N+]1=[N-]. The Morgan fingerprint density at radius 3 is 0.848 bits per heavy atom. The Kier molecular flexibility index (Phi) is 46.1. The summed E-state index contributed by atoms with van der Waals surface area (Å²) in [5.74, 6) is 0. The highest BCUT2D eigenvalue weighted by atomic mass is 15.2. The molecular weight excluding hydrogens is 953 g/mol. The van der Waals surface area contributed by atoms with Crippen LogP contribution in [-0.2, 0) is 12.8 Å². The van der Waals surface area contributed by atoms with Gasteiger partial charge in [0.25, 0.3) is 0 Å². The molecule has 0 aliphatic carbocycles.